The molecule has 10 N–H and O–H groups in total. The minimum absolute atomic E-state index is 0.00458. The molecular weight excluding hydrogens is 1090 g/mol. The molecule has 8 rings (SSSR count). The highest BCUT2D eigenvalue weighted by atomic mass is 32.2. The summed E-state index contributed by atoms with van der Waals surface area (Å²) in [5.41, 5.74) is 5.83. The molecule has 8 heterocycles. The van der Waals surface area contributed by atoms with Gasteiger partial charge in [0.1, 0.15) is 29.4 Å². The van der Waals surface area contributed by atoms with E-state index in [4.69, 9.17) is 19.8 Å². The van der Waals surface area contributed by atoms with E-state index < -0.39 is 5.76 Å². The molecule has 0 aliphatic carbocycles. The number of aromatic amines is 6. The van der Waals surface area contributed by atoms with Crippen LogP contribution in [0.4, 0.5) is 10.7 Å². The Kier molecular flexibility index (Phi) is 27.2. The molecule has 1 aliphatic heterocycles. The molecule has 0 bridgehead atoms. The zero-order valence-electron chi connectivity index (χ0n) is 50.1. The van der Waals surface area contributed by atoms with Gasteiger partial charge in [0.2, 0.25) is 17.3 Å². The molecule has 1 saturated heterocycles. The number of hydrogen-bond acceptors (Lipinski definition) is 21. The van der Waals surface area contributed by atoms with Crippen LogP contribution in [0.1, 0.15) is 202 Å². The number of nitrogen functional groups attached to an aromatic ring is 1. The zero-order valence-corrected chi connectivity index (χ0v) is 52.6. The quantitative estimate of drug-likeness (QED) is 0.0795. The second-order valence-corrected chi connectivity index (χ2v) is 26.6. The molecule has 25 nitrogen and oxygen atoms in total. The topological polar surface area (TPSA) is 389 Å². The number of imide groups is 1. The van der Waals surface area contributed by atoms with Gasteiger partial charge in [0.15, 0.2) is 17.4 Å². The van der Waals surface area contributed by atoms with E-state index in [1.165, 1.54) is 23.9 Å². The van der Waals surface area contributed by atoms with E-state index in [0.717, 1.165) is 52.1 Å². The van der Waals surface area contributed by atoms with E-state index in [0.29, 0.717) is 28.8 Å². The minimum atomic E-state index is -0.487. The normalized spacial score (nSPS) is 13.3. The Balaban J connectivity index is 0.000000457. The molecule has 7 aromatic rings. The van der Waals surface area contributed by atoms with Crippen LogP contribution in [0, 0.1) is 12.8 Å². The molecule has 446 valence electrons. The van der Waals surface area contributed by atoms with Crippen molar-refractivity contribution in [1.82, 2.24) is 64.1 Å². The van der Waals surface area contributed by atoms with E-state index in [-0.39, 0.29) is 89.1 Å². The number of aryl methyl sites for hydroxylation is 1. The average Bonchev–Trinajstić information content (AvgIpc) is 4.18. The summed E-state index contributed by atoms with van der Waals surface area (Å²) < 4.78 is 23.1. The maximum absolute atomic E-state index is 11.1. The van der Waals surface area contributed by atoms with Gasteiger partial charge in [0, 0.05) is 61.9 Å². The molecule has 28 heteroatoms. The first-order chi connectivity index (χ1) is 36.4. The first kappa shape index (κ1) is 71.1. The number of anilines is 1. The van der Waals surface area contributed by atoms with Crippen LogP contribution in [0.25, 0.3) is 0 Å². The number of aromatic nitrogens is 12. The van der Waals surface area contributed by atoms with E-state index in [1.54, 1.807) is 6.07 Å². The maximum atomic E-state index is 11.1. The Morgan fingerprint density at radius 3 is 1.55 bits per heavy atom. The fraction of sp³-hybridized carbons (Fsp3) is 0.596. The van der Waals surface area contributed by atoms with Crippen molar-refractivity contribution in [3.63, 3.8) is 0 Å². The van der Waals surface area contributed by atoms with Crippen LogP contribution in [0.15, 0.2) is 62.1 Å². The summed E-state index contributed by atoms with van der Waals surface area (Å²) in [6, 6.07) is 3.13. The number of hydrogen-bond donors (Lipinski definition) is 9. The van der Waals surface area contributed by atoms with Gasteiger partial charge in [-0.3, -0.25) is 62.5 Å². The predicted molar refractivity (Wildman–Crippen MR) is 314 cm³/mol. The molecule has 1 fully saturated rings. The molecule has 1 atom stereocenters. The van der Waals surface area contributed by atoms with Crippen LogP contribution in [0.2, 0.25) is 0 Å². The second-order valence-electron chi connectivity index (χ2n) is 24.0. The third-order valence-electron chi connectivity index (χ3n) is 10.0. The molecular formula is C52H84N14O11S3. The van der Waals surface area contributed by atoms with Gasteiger partial charge >= 0.3 is 5.76 Å². The van der Waals surface area contributed by atoms with Crippen molar-refractivity contribution in [2.24, 2.45) is 5.92 Å². The first-order valence-electron chi connectivity index (χ1n) is 25.3. The van der Waals surface area contributed by atoms with Crippen LogP contribution in [-0.2, 0) is 31.9 Å². The largest absolute Gasteiger partial charge is 0.502 e. The highest BCUT2D eigenvalue weighted by Crippen LogP contribution is 2.26. The summed E-state index contributed by atoms with van der Waals surface area (Å²) in [7, 11) is 0. The highest BCUT2D eigenvalue weighted by Gasteiger charge is 2.33. The van der Waals surface area contributed by atoms with E-state index >= 15 is 0 Å². The molecule has 0 aromatic carbocycles. The lowest BCUT2D eigenvalue weighted by molar-refractivity contribution is -0.119. The van der Waals surface area contributed by atoms with Crippen LogP contribution in [-0.4, -0.2) is 80.3 Å². The SMILES string of the molecule is CC(C)(C)c1cc(=O)[nH]o1.CC(C)(C)c1cc(=O)[nH]s1.CC(C)(C)c1nc(N)n[nH]1.CC(C)(C)c1ns[nH]c1=O.CC(C)C1SC(=O)NC1=O.CC(C)c1cocc(O)c1=O.CC(C)c1noc(=O)[nH]1.Cc1nc(C(C)(C)C)n[nH]1. The summed E-state index contributed by atoms with van der Waals surface area (Å²) in [5, 5.41) is 29.8. The number of nitrogens with two attached hydrogens (primary N) is 1. The number of amides is 2. The van der Waals surface area contributed by atoms with Crippen molar-refractivity contribution in [1.29, 1.82) is 0 Å². The molecule has 80 heavy (non-hydrogen) atoms. The number of nitrogens with one attached hydrogen (secondary N) is 7. The van der Waals surface area contributed by atoms with Crippen molar-refractivity contribution in [2.45, 2.75) is 196 Å². The smallest absolute Gasteiger partial charge is 0.438 e. The summed E-state index contributed by atoms with van der Waals surface area (Å²) >= 11 is 3.61. The number of rotatable bonds is 3. The number of nitrogens with zero attached hydrogens (tertiary/aromatic N) is 6. The van der Waals surface area contributed by atoms with Crippen molar-refractivity contribution in [3.05, 3.63) is 122 Å². The van der Waals surface area contributed by atoms with Crippen molar-refractivity contribution in [3.8, 4) is 5.75 Å². The van der Waals surface area contributed by atoms with Crippen molar-refractivity contribution < 1.29 is 28.2 Å². The van der Waals surface area contributed by atoms with Gasteiger partial charge in [0.25, 0.3) is 21.9 Å². The van der Waals surface area contributed by atoms with Crippen LogP contribution >= 0.6 is 35.0 Å². The van der Waals surface area contributed by atoms with Crippen molar-refractivity contribution in [2.75, 3.05) is 5.73 Å². The van der Waals surface area contributed by atoms with Gasteiger partial charge in [-0.2, -0.15) is 19.6 Å². The van der Waals surface area contributed by atoms with Crippen LogP contribution in [0.5, 0.6) is 5.75 Å². The van der Waals surface area contributed by atoms with E-state index in [1.807, 2.05) is 111 Å². The lowest BCUT2D eigenvalue weighted by Crippen LogP contribution is -2.27. The number of carbonyl (C=O) groups is 2. The van der Waals surface area contributed by atoms with Gasteiger partial charge < -0.3 is 19.8 Å². The van der Waals surface area contributed by atoms with Gasteiger partial charge in [0.05, 0.1) is 11.5 Å². The second kappa shape index (κ2) is 30.6. The number of thioether (sulfide) groups is 1. The molecule has 1 aliphatic rings. The van der Waals surface area contributed by atoms with Gasteiger partial charge in [-0.1, -0.05) is 174 Å². The number of aromatic hydroxyl groups is 1. The molecule has 0 radical (unpaired) electrons. The fourth-order valence-corrected chi connectivity index (χ4v) is 7.64. The Morgan fingerprint density at radius 2 is 1.31 bits per heavy atom. The summed E-state index contributed by atoms with van der Waals surface area (Å²) in [6.45, 7) is 43.9. The summed E-state index contributed by atoms with van der Waals surface area (Å²) in [4.78, 5) is 86.9. The van der Waals surface area contributed by atoms with Crippen LogP contribution in [0.3, 0.4) is 0 Å². The van der Waals surface area contributed by atoms with Crippen LogP contribution < -0.4 is 38.9 Å². The van der Waals surface area contributed by atoms with E-state index in [2.05, 4.69) is 110 Å². The zero-order chi connectivity index (χ0) is 61.9. The Hall–Kier alpha value is -6.94. The summed E-state index contributed by atoms with van der Waals surface area (Å²) in [5.74, 6) is 3.76. The van der Waals surface area contributed by atoms with Crippen molar-refractivity contribution >= 4 is 52.1 Å². The Bertz CT molecular complexity index is 3140. The Morgan fingerprint density at radius 1 is 0.700 bits per heavy atom. The molecule has 1 unspecified atom stereocenters. The standard InChI is InChI=1S/C8H10O3.C7H13N3.C7H11NO2.C7H11NOS.C6H12N4.C6H10N2OS.C6H9NO2S.C5H8N2O2/c1-5(2)6-3-11-4-7(9)8(6)10;1-5-8-6(10-9-5)7(2,3)4;2*1-7(2,3)5-4-6(9)8-10-5;1-6(2,3)4-8-5(7)10-9-4;1-6(2,3)4-5(9)8-10-7-4;1-3(2)4-5(8)7-6(9)10-4;1-3(2)4-6-5(8)9-7-4/h3-5,9H,1-2H3;1-4H3,(H,8,9,10);2*4H,1-3H3,(H,8,9);1-3H3,(H3,7,8,9,10);1-3H3,(H,8,9);3-4H,1-2H3,(H,7,8,9);3H,1-2H3,(H,6,7,8). The monoisotopic (exact) mass is 1180 g/mol. The lowest BCUT2D eigenvalue weighted by Gasteiger charge is -2.13. The predicted octanol–water partition coefficient (Wildman–Crippen LogP) is 9.17. The number of H-pyrrole nitrogens is 6. The summed E-state index contributed by atoms with van der Waals surface area (Å²) in [6.07, 6.45) is 2.40. The minimum Gasteiger partial charge on any atom is -0.502 e. The highest BCUT2D eigenvalue weighted by molar-refractivity contribution is 8.15. The molecule has 7 aromatic heterocycles. The Labute approximate surface area is 477 Å². The average molecular weight is 1180 g/mol. The molecule has 0 saturated carbocycles. The van der Waals surface area contributed by atoms with Gasteiger partial charge in [-0.25, -0.2) is 9.78 Å². The van der Waals surface area contributed by atoms with Gasteiger partial charge in [-0.05, 0) is 24.2 Å². The van der Waals surface area contributed by atoms with E-state index in [9.17, 15) is 33.6 Å². The number of carbonyl (C=O) groups excluding carboxylic acids is 2. The van der Waals surface area contributed by atoms with Gasteiger partial charge in [-0.15, -0.1) is 5.10 Å². The molecule has 0 spiro atoms. The fourth-order valence-electron chi connectivity index (χ4n) is 5.40. The third-order valence-corrected chi connectivity index (χ3v) is 13.2. The lowest BCUT2D eigenvalue weighted by atomic mass is 9.93. The third kappa shape index (κ3) is 25.9. The maximum Gasteiger partial charge on any atom is 0.438 e. The first-order valence-corrected chi connectivity index (χ1v) is 27.8. The molecule has 2 amide bonds.